The highest BCUT2D eigenvalue weighted by Gasteiger charge is 2.42. The molecule has 0 bridgehead atoms. The summed E-state index contributed by atoms with van der Waals surface area (Å²) in [7, 11) is 0. The zero-order chi connectivity index (χ0) is 19.9. The molecule has 1 aliphatic rings. The molecule has 0 radical (unpaired) electrons. The number of carboxylic acid groups (broad SMARTS) is 1. The number of aryl methyl sites for hydroxylation is 1. The van der Waals surface area contributed by atoms with Crippen LogP contribution in [0, 0.1) is 6.92 Å². The predicted molar refractivity (Wildman–Crippen MR) is 96.4 cm³/mol. The minimum atomic E-state index is -1.36. The number of halogens is 2. The predicted octanol–water partition coefficient (Wildman–Crippen LogP) is 2.63. The van der Waals surface area contributed by atoms with Gasteiger partial charge in [-0.1, -0.05) is 23.2 Å². The Morgan fingerprint density at radius 1 is 1.11 bits per heavy atom. The van der Waals surface area contributed by atoms with Gasteiger partial charge in [-0.2, -0.15) is 0 Å². The zero-order valence-corrected chi connectivity index (χ0v) is 15.3. The largest absolute Gasteiger partial charge is 0.480 e. The molecule has 10 heteroatoms. The number of carboxylic acids is 1. The van der Waals surface area contributed by atoms with Crippen LogP contribution in [0.3, 0.4) is 0 Å². The van der Waals surface area contributed by atoms with Crippen LogP contribution in [0.4, 0.5) is 5.69 Å². The smallest absolute Gasteiger partial charge is 0.323 e. The van der Waals surface area contributed by atoms with E-state index in [1.165, 1.54) is 31.2 Å². The number of carbonyl (C=O) groups excluding carboxylic acids is 3. The van der Waals surface area contributed by atoms with E-state index >= 15 is 0 Å². The SMILES string of the molecule is Cc1nc(Cl)c2c(c1NC(=O)c1ccc(Cl)cc1)C(=O)N(CC(=O)O)C2=O. The summed E-state index contributed by atoms with van der Waals surface area (Å²) in [4.78, 5) is 53.0. The highest BCUT2D eigenvalue weighted by atomic mass is 35.5. The van der Waals surface area contributed by atoms with Crippen LogP contribution in [-0.4, -0.2) is 45.2 Å². The summed E-state index contributed by atoms with van der Waals surface area (Å²) < 4.78 is 0. The molecule has 1 aromatic heterocycles. The van der Waals surface area contributed by atoms with Gasteiger partial charge in [-0.15, -0.1) is 0 Å². The van der Waals surface area contributed by atoms with E-state index in [2.05, 4.69) is 10.3 Å². The molecule has 27 heavy (non-hydrogen) atoms. The molecule has 1 aliphatic heterocycles. The van der Waals surface area contributed by atoms with Gasteiger partial charge in [0.25, 0.3) is 17.7 Å². The highest BCUT2D eigenvalue weighted by Crippen LogP contribution is 2.35. The van der Waals surface area contributed by atoms with Crippen LogP contribution < -0.4 is 5.32 Å². The zero-order valence-electron chi connectivity index (χ0n) is 13.7. The van der Waals surface area contributed by atoms with Gasteiger partial charge in [0, 0.05) is 10.6 Å². The Morgan fingerprint density at radius 3 is 2.30 bits per heavy atom. The van der Waals surface area contributed by atoms with Gasteiger partial charge in [0.15, 0.2) is 0 Å². The second-order valence-electron chi connectivity index (χ2n) is 5.66. The van der Waals surface area contributed by atoms with E-state index in [9.17, 15) is 19.2 Å². The van der Waals surface area contributed by atoms with Crippen molar-refractivity contribution in [1.82, 2.24) is 9.88 Å². The highest BCUT2D eigenvalue weighted by molar-refractivity contribution is 6.37. The summed E-state index contributed by atoms with van der Waals surface area (Å²) in [6.07, 6.45) is 0. The number of nitrogens with one attached hydrogen (secondary N) is 1. The van der Waals surface area contributed by atoms with E-state index in [-0.39, 0.29) is 33.2 Å². The second-order valence-corrected chi connectivity index (χ2v) is 6.46. The molecule has 0 saturated carbocycles. The number of hydrogen-bond donors (Lipinski definition) is 2. The van der Waals surface area contributed by atoms with Gasteiger partial charge in [-0.3, -0.25) is 24.1 Å². The van der Waals surface area contributed by atoms with Crippen LogP contribution in [0.2, 0.25) is 10.2 Å². The molecule has 3 rings (SSSR count). The lowest BCUT2D eigenvalue weighted by Crippen LogP contribution is -2.34. The van der Waals surface area contributed by atoms with Crippen LogP contribution in [-0.2, 0) is 4.79 Å². The van der Waals surface area contributed by atoms with E-state index in [0.29, 0.717) is 9.92 Å². The van der Waals surface area contributed by atoms with Gasteiger partial charge in [0.05, 0.1) is 22.5 Å². The topological polar surface area (TPSA) is 117 Å². The number of anilines is 1. The lowest BCUT2D eigenvalue weighted by molar-refractivity contribution is -0.137. The molecule has 0 saturated heterocycles. The molecule has 2 aromatic rings. The number of amides is 3. The summed E-state index contributed by atoms with van der Waals surface area (Å²) in [6.45, 7) is 0.674. The maximum atomic E-state index is 12.6. The lowest BCUT2D eigenvalue weighted by Gasteiger charge is -2.12. The van der Waals surface area contributed by atoms with Gasteiger partial charge in [-0.25, -0.2) is 4.98 Å². The third-order valence-corrected chi connectivity index (χ3v) is 4.42. The molecule has 0 fully saturated rings. The number of aliphatic carboxylic acids is 1. The molecule has 8 nitrogen and oxygen atoms in total. The average molecular weight is 408 g/mol. The third kappa shape index (κ3) is 3.36. The quantitative estimate of drug-likeness (QED) is 0.594. The molecule has 1 aromatic carbocycles. The Labute approximate surface area is 162 Å². The summed E-state index contributed by atoms with van der Waals surface area (Å²) in [5.74, 6) is -3.66. The fraction of sp³-hybridized carbons (Fsp3) is 0.118. The van der Waals surface area contributed by atoms with Gasteiger partial charge in [0.2, 0.25) is 0 Å². The van der Waals surface area contributed by atoms with Crippen LogP contribution in [0.5, 0.6) is 0 Å². The first kappa shape index (κ1) is 18.8. The Bertz CT molecular complexity index is 1000. The molecular weight excluding hydrogens is 397 g/mol. The van der Waals surface area contributed by atoms with Gasteiger partial charge in [-0.05, 0) is 31.2 Å². The van der Waals surface area contributed by atoms with Gasteiger partial charge < -0.3 is 10.4 Å². The third-order valence-electron chi connectivity index (χ3n) is 3.89. The minimum absolute atomic E-state index is 0.000545. The number of carbonyl (C=O) groups is 4. The Morgan fingerprint density at radius 2 is 1.70 bits per heavy atom. The molecule has 0 atom stereocenters. The molecule has 0 unspecified atom stereocenters. The van der Waals surface area contributed by atoms with Crippen LogP contribution in [0.15, 0.2) is 24.3 Å². The molecule has 0 aliphatic carbocycles. The molecular formula is C17H11Cl2N3O5. The van der Waals surface area contributed by atoms with Crippen LogP contribution >= 0.6 is 23.2 Å². The number of imide groups is 1. The lowest BCUT2D eigenvalue weighted by atomic mass is 10.1. The first-order valence-corrected chi connectivity index (χ1v) is 8.31. The fourth-order valence-corrected chi connectivity index (χ4v) is 3.09. The first-order chi connectivity index (χ1) is 12.7. The summed E-state index contributed by atoms with van der Waals surface area (Å²) in [5, 5.41) is 11.7. The van der Waals surface area contributed by atoms with Crippen molar-refractivity contribution in [2.75, 3.05) is 11.9 Å². The minimum Gasteiger partial charge on any atom is -0.480 e. The molecule has 138 valence electrons. The number of nitrogens with zero attached hydrogens (tertiary/aromatic N) is 2. The van der Waals surface area contributed by atoms with Crippen LogP contribution in [0.25, 0.3) is 0 Å². The first-order valence-electron chi connectivity index (χ1n) is 7.55. The Kier molecular flexibility index (Phi) is 4.86. The number of benzene rings is 1. The molecule has 2 heterocycles. The summed E-state index contributed by atoms with van der Waals surface area (Å²) >= 11 is 11.8. The van der Waals surface area contributed by atoms with E-state index < -0.39 is 30.2 Å². The van der Waals surface area contributed by atoms with E-state index in [4.69, 9.17) is 28.3 Å². The summed E-state index contributed by atoms with van der Waals surface area (Å²) in [6, 6.07) is 6.02. The number of fused-ring (bicyclic) bond motifs is 1. The monoisotopic (exact) mass is 407 g/mol. The Balaban J connectivity index is 2.05. The van der Waals surface area contributed by atoms with Crippen molar-refractivity contribution in [3.8, 4) is 0 Å². The van der Waals surface area contributed by atoms with E-state index in [1.54, 1.807) is 0 Å². The number of rotatable bonds is 4. The van der Waals surface area contributed by atoms with Crippen molar-refractivity contribution >= 4 is 52.6 Å². The number of pyridine rings is 1. The number of hydrogen-bond acceptors (Lipinski definition) is 5. The average Bonchev–Trinajstić information content (AvgIpc) is 2.84. The fourth-order valence-electron chi connectivity index (χ4n) is 2.66. The van der Waals surface area contributed by atoms with Crippen molar-refractivity contribution < 1.29 is 24.3 Å². The maximum Gasteiger partial charge on any atom is 0.323 e. The van der Waals surface area contributed by atoms with Crippen molar-refractivity contribution in [2.24, 2.45) is 0 Å². The maximum absolute atomic E-state index is 12.6. The Hall–Kier alpha value is -2.97. The van der Waals surface area contributed by atoms with E-state index in [0.717, 1.165) is 0 Å². The number of aromatic nitrogens is 1. The van der Waals surface area contributed by atoms with Gasteiger partial charge in [0.1, 0.15) is 11.7 Å². The standard InChI is InChI=1S/C17H11Cl2N3O5/c1-7-13(21-15(25)8-2-4-9(18)5-3-8)11-12(14(19)20-7)17(27)22(16(11)26)6-10(23)24/h2-5H,6H2,1H3,(H,21,25)(H,23,24). The molecule has 3 amide bonds. The van der Waals surface area contributed by atoms with Gasteiger partial charge >= 0.3 is 5.97 Å². The summed E-state index contributed by atoms with van der Waals surface area (Å²) in [5.41, 5.74) is 0.0580. The molecule has 2 N–H and O–H groups in total. The van der Waals surface area contributed by atoms with Crippen molar-refractivity contribution in [2.45, 2.75) is 6.92 Å². The molecule has 0 spiro atoms. The second kappa shape index (κ2) is 6.98. The van der Waals surface area contributed by atoms with Crippen molar-refractivity contribution in [3.63, 3.8) is 0 Å². The van der Waals surface area contributed by atoms with E-state index in [1.807, 2.05) is 0 Å². The van der Waals surface area contributed by atoms with Crippen molar-refractivity contribution in [1.29, 1.82) is 0 Å². The normalized spacial score (nSPS) is 12.9. The van der Waals surface area contributed by atoms with Crippen LogP contribution in [0.1, 0.15) is 36.8 Å². The van der Waals surface area contributed by atoms with Crippen molar-refractivity contribution in [3.05, 3.63) is 56.8 Å².